The Kier molecular flexibility index (Phi) is 3.02. The second-order valence-electron chi connectivity index (χ2n) is 4.58. The van der Waals surface area contributed by atoms with Crippen LogP contribution in [0.4, 0.5) is 14.9 Å². The molecule has 0 unspecified atom stereocenters. The third kappa shape index (κ3) is 2.74. The van der Waals surface area contributed by atoms with Crippen molar-refractivity contribution >= 4 is 11.7 Å². The zero-order valence-electron chi connectivity index (χ0n) is 9.61. The minimum atomic E-state index is -0.841. The molecule has 2 rings (SSSR count). The number of carbonyl (C=O) groups is 1. The van der Waals surface area contributed by atoms with Gasteiger partial charge in [-0.1, -0.05) is 12.1 Å². The topological polar surface area (TPSA) is 52.6 Å². The standard InChI is InChI=1S/C12H15FN2O2/c1-12(17)6-7-15(8-12)11(16)14-10-5-3-2-4-9(10)13/h2-5,17H,6-8H2,1H3,(H,14,16)/t12-/m1/s1. The van der Waals surface area contributed by atoms with Crippen LogP contribution in [0.3, 0.4) is 0 Å². The summed E-state index contributed by atoms with van der Waals surface area (Å²) in [4.78, 5) is 13.3. The molecule has 0 radical (unpaired) electrons. The van der Waals surface area contributed by atoms with Gasteiger partial charge in [-0.3, -0.25) is 0 Å². The number of β-amino-alcohol motifs (C(OH)–C–C–N with tert-alkyl or cyclic N) is 1. The highest BCUT2D eigenvalue weighted by molar-refractivity contribution is 5.89. The van der Waals surface area contributed by atoms with E-state index in [-0.39, 0.29) is 18.3 Å². The van der Waals surface area contributed by atoms with Gasteiger partial charge in [-0.15, -0.1) is 0 Å². The van der Waals surface area contributed by atoms with Crippen LogP contribution in [-0.2, 0) is 0 Å². The highest BCUT2D eigenvalue weighted by Gasteiger charge is 2.34. The first-order valence-electron chi connectivity index (χ1n) is 5.51. The number of amides is 2. The van der Waals surface area contributed by atoms with Gasteiger partial charge in [0.15, 0.2) is 0 Å². The lowest BCUT2D eigenvalue weighted by Gasteiger charge is -2.19. The molecular formula is C12H15FN2O2. The Morgan fingerprint density at radius 1 is 1.53 bits per heavy atom. The van der Waals surface area contributed by atoms with Crippen LogP contribution in [0.25, 0.3) is 0 Å². The molecule has 1 aromatic carbocycles. The Balaban J connectivity index is 2.01. The van der Waals surface area contributed by atoms with Crippen molar-refractivity contribution in [3.8, 4) is 0 Å². The molecule has 4 nitrogen and oxygen atoms in total. The first-order chi connectivity index (χ1) is 7.98. The Labute approximate surface area is 99.0 Å². The van der Waals surface area contributed by atoms with Gasteiger partial charge in [0, 0.05) is 6.54 Å². The minimum absolute atomic E-state index is 0.157. The average molecular weight is 238 g/mol. The van der Waals surface area contributed by atoms with Crippen molar-refractivity contribution in [3.05, 3.63) is 30.1 Å². The van der Waals surface area contributed by atoms with Gasteiger partial charge in [-0.2, -0.15) is 0 Å². The summed E-state index contributed by atoms with van der Waals surface area (Å²) in [5.74, 6) is -0.466. The van der Waals surface area contributed by atoms with E-state index in [1.807, 2.05) is 0 Å². The molecule has 0 saturated carbocycles. The molecule has 0 aliphatic carbocycles. The van der Waals surface area contributed by atoms with Crippen molar-refractivity contribution in [2.45, 2.75) is 18.9 Å². The molecule has 2 amide bonds. The number of carbonyl (C=O) groups excluding carboxylic acids is 1. The fourth-order valence-electron chi connectivity index (χ4n) is 1.88. The third-order valence-electron chi connectivity index (χ3n) is 2.85. The molecule has 1 saturated heterocycles. The molecule has 92 valence electrons. The van der Waals surface area contributed by atoms with Gasteiger partial charge in [0.1, 0.15) is 5.82 Å². The van der Waals surface area contributed by atoms with E-state index < -0.39 is 11.4 Å². The number of rotatable bonds is 1. The van der Waals surface area contributed by atoms with E-state index in [1.165, 1.54) is 17.0 Å². The molecular weight excluding hydrogens is 223 g/mol. The summed E-state index contributed by atoms with van der Waals surface area (Å²) in [5, 5.41) is 12.2. The summed E-state index contributed by atoms with van der Waals surface area (Å²) < 4.78 is 13.3. The van der Waals surface area contributed by atoms with Crippen molar-refractivity contribution in [3.63, 3.8) is 0 Å². The van der Waals surface area contributed by atoms with Gasteiger partial charge in [-0.25, -0.2) is 9.18 Å². The summed E-state index contributed by atoms with van der Waals surface area (Å²) >= 11 is 0. The summed E-state index contributed by atoms with van der Waals surface area (Å²) in [6.45, 7) is 2.43. The van der Waals surface area contributed by atoms with E-state index >= 15 is 0 Å². The number of hydrogen-bond donors (Lipinski definition) is 2. The maximum atomic E-state index is 13.3. The van der Waals surface area contributed by atoms with Gasteiger partial charge in [-0.05, 0) is 25.5 Å². The summed E-state index contributed by atoms with van der Waals surface area (Å²) in [6.07, 6.45) is 0.539. The second kappa shape index (κ2) is 4.33. The summed E-state index contributed by atoms with van der Waals surface area (Å²) in [7, 11) is 0. The number of nitrogens with zero attached hydrogens (tertiary/aromatic N) is 1. The van der Waals surface area contributed by atoms with E-state index in [1.54, 1.807) is 19.1 Å². The van der Waals surface area contributed by atoms with Crippen LogP contribution >= 0.6 is 0 Å². The minimum Gasteiger partial charge on any atom is -0.388 e. The van der Waals surface area contributed by atoms with E-state index in [4.69, 9.17) is 0 Å². The monoisotopic (exact) mass is 238 g/mol. The predicted octanol–water partition coefficient (Wildman–Crippen LogP) is 1.81. The van der Waals surface area contributed by atoms with Gasteiger partial charge < -0.3 is 15.3 Å². The molecule has 17 heavy (non-hydrogen) atoms. The fraction of sp³-hybridized carbons (Fsp3) is 0.417. The maximum Gasteiger partial charge on any atom is 0.322 e. The smallest absolute Gasteiger partial charge is 0.322 e. The van der Waals surface area contributed by atoms with Crippen LogP contribution in [0.2, 0.25) is 0 Å². The number of urea groups is 1. The molecule has 1 aliphatic rings. The van der Waals surface area contributed by atoms with Gasteiger partial charge in [0.25, 0.3) is 0 Å². The Morgan fingerprint density at radius 3 is 2.82 bits per heavy atom. The van der Waals surface area contributed by atoms with Crippen molar-refractivity contribution in [1.82, 2.24) is 4.90 Å². The van der Waals surface area contributed by atoms with Crippen molar-refractivity contribution in [2.75, 3.05) is 18.4 Å². The number of aliphatic hydroxyl groups is 1. The largest absolute Gasteiger partial charge is 0.388 e. The molecule has 1 aromatic rings. The summed E-state index contributed by atoms with van der Waals surface area (Å²) in [5.41, 5.74) is -0.684. The number of para-hydroxylation sites is 1. The zero-order chi connectivity index (χ0) is 12.5. The van der Waals surface area contributed by atoms with Crippen molar-refractivity contribution < 1.29 is 14.3 Å². The molecule has 0 bridgehead atoms. The van der Waals surface area contributed by atoms with Crippen LogP contribution < -0.4 is 5.32 Å². The van der Waals surface area contributed by atoms with Crippen LogP contribution in [0.1, 0.15) is 13.3 Å². The SMILES string of the molecule is C[C@@]1(O)CCN(C(=O)Nc2ccccc2F)C1. The first-order valence-corrected chi connectivity index (χ1v) is 5.51. The van der Waals surface area contributed by atoms with Crippen molar-refractivity contribution in [2.24, 2.45) is 0 Å². The van der Waals surface area contributed by atoms with Crippen LogP contribution in [-0.4, -0.2) is 34.7 Å². The molecule has 1 aliphatic heterocycles. The van der Waals surface area contributed by atoms with Gasteiger partial charge >= 0.3 is 6.03 Å². The number of hydrogen-bond acceptors (Lipinski definition) is 2. The van der Waals surface area contributed by atoms with Crippen LogP contribution in [0.5, 0.6) is 0 Å². The number of anilines is 1. The van der Waals surface area contributed by atoms with E-state index in [0.29, 0.717) is 13.0 Å². The zero-order valence-corrected chi connectivity index (χ0v) is 9.61. The molecule has 1 heterocycles. The number of nitrogens with one attached hydrogen (secondary N) is 1. The van der Waals surface area contributed by atoms with E-state index in [9.17, 15) is 14.3 Å². The van der Waals surface area contributed by atoms with Crippen molar-refractivity contribution in [1.29, 1.82) is 0 Å². The van der Waals surface area contributed by atoms with Crippen LogP contribution in [0, 0.1) is 5.82 Å². The van der Waals surface area contributed by atoms with E-state index in [0.717, 1.165) is 0 Å². The number of halogens is 1. The lowest BCUT2D eigenvalue weighted by atomic mass is 10.1. The molecule has 2 N–H and O–H groups in total. The normalized spacial score (nSPS) is 23.8. The molecule has 5 heteroatoms. The lowest BCUT2D eigenvalue weighted by Crippen LogP contribution is -2.36. The third-order valence-corrected chi connectivity index (χ3v) is 2.85. The number of benzene rings is 1. The molecule has 1 fully saturated rings. The maximum absolute atomic E-state index is 13.3. The average Bonchev–Trinajstić information content (AvgIpc) is 2.62. The van der Waals surface area contributed by atoms with E-state index in [2.05, 4.69) is 5.32 Å². The molecule has 1 atom stereocenters. The second-order valence-corrected chi connectivity index (χ2v) is 4.58. The fourth-order valence-corrected chi connectivity index (χ4v) is 1.88. The summed E-state index contributed by atoms with van der Waals surface area (Å²) in [6, 6.07) is 5.62. The molecule has 0 spiro atoms. The quantitative estimate of drug-likeness (QED) is 0.784. The van der Waals surface area contributed by atoms with Gasteiger partial charge in [0.05, 0.1) is 17.8 Å². The highest BCUT2D eigenvalue weighted by atomic mass is 19.1. The molecule has 0 aromatic heterocycles. The predicted molar refractivity (Wildman–Crippen MR) is 62.2 cm³/mol. The van der Waals surface area contributed by atoms with Gasteiger partial charge in [0.2, 0.25) is 0 Å². The van der Waals surface area contributed by atoms with Crippen LogP contribution in [0.15, 0.2) is 24.3 Å². The highest BCUT2D eigenvalue weighted by Crippen LogP contribution is 2.21. The Bertz CT molecular complexity index is 434. The lowest BCUT2D eigenvalue weighted by molar-refractivity contribution is 0.0727. The first kappa shape index (κ1) is 11.9. The number of likely N-dealkylation sites (tertiary alicyclic amines) is 1. The Morgan fingerprint density at radius 2 is 2.24 bits per heavy atom. The Hall–Kier alpha value is -1.62.